The third-order valence-electron chi connectivity index (χ3n) is 5.77. The number of imidazole rings is 1. The normalized spacial score (nSPS) is 13.7. The summed E-state index contributed by atoms with van der Waals surface area (Å²) in [5.74, 6) is 0. The van der Waals surface area contributed by atoms with Crippen LogP contribution in [0.4, 0.5) is 5.69 Å². The lowest BCUT2D eigenvalue weighted by atomic mass is 10.1. The van der Waals surface area contributed by atoms with Crippen LogP contribution in [0.3, 0.4) is 0 Å². The largest absolute Gasteiger partial charge is 0.365 e. The van der Waals surface area contributed by atoms with Crippen LogP contribution in [0.15, 0.2) is 67.1 Å². The van der Waals surface area contributed by atoms with Gasteiger partial charge in [0.25, 0.3) is 0 Å². The van der Waals surface area contributed by atoms with E-state index in [1.54, 1.807) is 0 Å². The Hall–Kier alpha value is -3.14. The smallest absolute Gasteiger partial charge is 0.0952 e. The molecule has 2 aromatic heterocycles. The molecule has 140 valence electrons. The Morgan fingerprint density at radius 2 is 1.86 bits per heavy atom. The summed E-state index contributed by atoms with van der Waals surface area (Å²) in [6.45, 7) is 4.99. The topological polar surface area (TPSA) is 34.0 Å². The first kappa shape index (κ1) is 17.0. The Morgan fingerprint density at radius 1 is 0.964 bits per heavy atom. The zero-order valence-electron chi connectivity index (χ0n) is 16.2. The Morgan fingerprint density at radius 3 is 2.75 bits per heavy atom. The summed E-state index contributed by atoms with van der Waals surface area (Å²) < 4.78 is 2.34. The molecule has 2 aromatic carbocycles. The molecule has 1 aliphatic rings. The fraction of sp³-hybridized carbons (Fsp3) is 0.250. The highest BCUT2D eigenvalue weighted by molar-refractivity contribution is 5.93. The summed E-state index contributed by atoms with van der Waals surface area (Å²) in [6, 6.07) is 19.2. The third-order valence-corrected chi connectivity index (χ3v) is 5.77. The van der Waals surface area contributed by atoms with Gasteiger partial charge in [0, 0.05) is 42.5 Å². The Bertz CT molecular complexity index is 1110. The summed E-state index contributed by atoms with van der Waals surface area (Å²) in [6.07, 6.45) is 6.02. The lowest BCUT2D eigenvalue weighted by molar-refractivity contribution is 0.625. The van der Waals surface area contributed by atoms with Gasteiger partial charge >= 0.3 is 0 Å². The molecule has 0 saturated heterocycles. The molecular formula is C24H24N4. The fourth-order valence-electron chi connectivity index (χ4n) is 4.25. The molecule has 3 heterocycles. The van der Waals surface area contributed by atoms with Crippen LogP contribution in [-0.4, -0.2) is 21.1 Å². The first-order valence-corrected chi connectivity index (χ1v) is 9.96. The van der Waals surface area contributed by atoms with Crippen molar-refractivity contribution < 1.29 is 0 Å². The van der Waals surface area contributed by atoms with Crippen molar-refractivity contribution >= 4 is 16.6 Å². The number of fused-ring (bicyclic) bond motifs is 2. The van der Waals surface area contributed by atoms with E-state index in [4.69, 9.17) is 4.98 Å². The Kier molecular flexibility index (Phi) is 4.32. The number of hydrogen-bond donors (Lipinski definition) is 0. The minimum absolute atomic E-state index is 0.862. The van der Waals surface area contributed by atoms with Crippen molar-refractivity contribution in [3.8, 4) is 0 Å². The Labute approximate surface area is 165 Å². The second-order valence-corrected chi connectivity index (χ2v) is 7.54. The number of rotatable bonds is 4. The van der Waals surface area contributed by atoms with Gasteiger partial charge in [-0.2, -0.15) is 0 Å². The molecule has 4 heteroatoms. The quantitative estimate of drug-likeness (QED) is 0.530. The Balaban J connectivity index is 1.38. The van der Waals surface area contributed by atoms with E-state index in [9.17, 15) is 0 Å². The molecule has 0 saturated carbocycles. The van der Waals surface area contributed by atoms with Gasteiger partial charge in [0.2, 0.25) is 0 Å². The van der Waals surface area contributed by atoms with Crippen molar-refractivity contribution in [1.29, 1.82) is 0 Å². The average molecular weight is 368 g/mol. The van der Waals surface area contributed by atoms with Crippen molar-refractivity contribution in [2.75, 3.05) is 11.4 Å². The van der Waals surface area contributed by atoms with Crippen LogP contribution >= 0.6 is 0 Å². The molecular weight excluding hydrogens is 344 g/mol. The predicted molar refractivity (Wildman–Crippen MR) is 114 cm³/mol. The fourth-order valence-corrected chi connectivity index (χ4v) is 4.25. The number of nitrogens with zero attached hydrogens (tertiary/aromatic N) is 4. The number of anilines is 1. The molecule has 1 aliphatic heterocycles. The van der Waals surface area contributed by atoms with E-state index in [1.807, 2.05) is 12.5 Å². The maximum Gasteiger partial charge on any atom is 0.0952 e. The second kappa shape index (κ2) is 7.12. The van der Waals surface area contributed by atoms with E-state index < -0.39 is 0 Å². The first-order valence-electron chi connectivity index (χ1n) is 9.96. The number of benzene rings is 2. The van der Waals surface area contributed by atoms with Gasteiger partial charge in [-0.1, -0.05) is 48.5 Å². The second-order valence-electron chi connectivity index (χ2n) is 7.54. The monoisotopic (exact) mass is 368 g/mol. The van der Waals surface area contributed by atoms with Crippen molar-refractivity contribution in [3.63, 3.8) is 0 Å². The molecule has 0 spiro atoms. The van der Waals surface area contributed by atoms with Gasteiger partial charge in [-0.05, 0) is 30.5 Å². The van der Waals surface area contributed by atoms with E-state index in [0.29, 0.717) is 0 Å². The van der Waals surface area contributed by atoms with Crippen LogP contribution in [-0.2, 0) is 25.9 Å². The highest BCUT2D eigenvalue weighted by atomic mass is 15.2. The maximum absolute atomic E-state index is 4.75. The maximum atomic E-state index is 4.75. The number of aryl methyl sites for hydroxylation is 3. The molecule has 0 amide bonds. The van der Waals surface area contributed by atoms with Gasteiger partial charge in [0.15, 0.2) is 0 Å². The van der Waals surface area contributed by atoms with Gasteiger partial charge in [0.1, 0.15) is 0 Å². The number of aromatic nitrogens is 3. The standard InChI is InChI=1S/C24H24N4/c1-18-6-5-9-20-22(10-13-25-24(18)20)27-15-12-23-21(16-27)26-17-28(23)14-11-19-7-3-2-4-8-19/h2-10,13,17H,11-12,14-16H2,1H3. The zero-order chi connectivity index (χ0) is 18.9. The first-order chi connectivity index (χ1) is 13.8. The minimum atomic E-state index is 0.862. The lowest BCUT2D eigenvalue weighted by Crippen LogP contribution is -2.31. The van der Waals surface area contributed by atoms with Crippen molar-refractivity contribution in [1.82, 2.24) is 14.5 Å². The molecule has 0 radical (unpaired) electrons. The molecule has 0 unspecified atom stereocenters. The highest BCUT2D eigenvalue weighted by Gasteiger charge is 2.22. The number of pyridine rings is 1. The zero-order valence-corrected chi connectivity index (χ0v) is 16.2. The summed E-state index contributed by atoms with van der Waals surface area (Å²) >= 11 is 0. The molecule has 28 heavy (non-hydrogen) atoms. The molecule has 4 nitrogen and oxygen atoms in total. The SMILES string of the molecule is Cc1cccc2c(N3CCc4c(ncn4CCc4ccccc4)C3)ccnc12. The van der Waals surface area contributed by atoms with Crippen LogP contribution in [0.5, 0.6) is 0 Å². The van der Waals surface area contributed by atoms with Crippen molar-refractivity contribution in [2.24, 2.45) is 0 Å². The molecule has 0 aliphatic carbocycles. The minimum Gasteiger partial charge on any atom is -0.365 e. The van der Waals surface area contributed by atoms with Gasteiger partial charge < -0.3 is 9.47 Å². The molecule has 0 bridgehead atoms. The van der Waals surface area contributed by atoms with Crippen LogP contribution in [0.1, 0.15) is 22.5 Å². The van der Waals surface area contributed by atoms with E-state index in [0.717, 1.165) is 38.0 Å². The summed E-state index contributed by atoms with van der Waals surface area (Å²) in [5.41, 5.74) is 7.55. The van der Waals surface area contributed by atoms with Crippen LogP contribution in [0, 0.1) is 6.92 Å². The van der Waals surface area contributed by atoms with E-state index in [-0.39, 0.29) is 0 Å². The third kappa shape index (κ3) is 3.05. The highest BCUT2D eigenvalue weighted by Crippen LogP contribution is 2.30. The van der Waals surface area contributed by atoms with E-state index in [1.165, 1.54) is 33.6 Å². The van der Waals surface area contributed by atoms with Gasteiger partial charge in [0.05, 0.1) is 24.1 Å². The summed E-state index contributed by atoms with van der Waals surface area (Å²) in [4.78, 5) is 11.8. The van der Waals surface area contributed by atoms with E-state index >= 15 is 0 Å². The van der Waals surface area contributed by atoms with Crippen molar-refractivity contribution in [2.45, 2.75) is 32.9 Å². The average Bonchev–Trinajstić information content (AvgIpc) is 3.15. The van der Waals surface area contributed by atoms with Crippen LogP contribution in [0.25, 0.3) is 10.9 Å². The van der Waals surface area contributed by atoms with Crippen molar-refractivity contribution in [3.05, 3.63) is 89.6 Å². The molecule has 0 atom stereocenters. The lowest BCUT2D eigenvalue weighted by Gasteiger charge is -2.30. The van der Waals surface area contributed by atoms with Gasteiger partial charge in [-0.25, -0.2) is 4.98 Å². The molecule has 5 rings (SSSR count). The molecule has 0 fully saturated rings. The molecule has 0 N–H and O–H groups in total. The molecule has 4 aromatic rings. The summed E-state index contributed by atoms with van der Waals surface area (Å²) in [5, 5.41) is 1.23. The van der Waals surface area contributed by atoms with Crippen LogP contribution in [0.2, 0.25) is 0 Å². The number of para-hydroxylation sites is 1. The summed E-state index contributed by atoms with van der Waals surface area (Å²) in [7, 11) is 0. The van der Waals surface area contributed by atoms with Crippen LogP contribution < -0.4 is 4.90 Å². The number of hydrogen-bond acceptors (Lipinski definition) is 3. The van der Waals surface area contributed by atoms with Gasteiger partial charge in [-0.15, -0.1) is 0 Å². The van der Waals surface area contributed by atoms with Gasteiger partial charge in [-0.3, -0.25) is 4.98 Å². The van der Waals surface area contributed by atoms with E-state index in [2.05, 4.69) is 76.0 Å². The predicted octanol–water partition coefficient (Wildman–Crippen LogP) is 4.55.